The second-order valence-electron chi connectivity index (χ2n) is 7.60. The van der Waals surface area contributed by atoms with Crippen LogP contribution in [0, 0.1) is 23.0 Å². The first-order valence-corrected chi connectivity index (χ1v) is 10.0. The first-order chi connectivity index (χ1) is 13.2. The molecule has 1 N–H and O–H groups in total. The van der Waals surface area contributed by atoms with Gasteiger partial charge in [0.25, 0.3) is 0 Å². The Kier molecular flexibility index (Phi) is 6.31. The molecule has 1 fully saturated rings. The number of rotatable bonds is 6. The summed E-state index contributed by atoms with van der Waals surface area (Å²) in [7, 11) is 4.01. The second-order valence-corrected chi connectivity index (χ2v) is 8.80. The number of nitrogens with one attached hydrogen (secondary N) is 1. The van der Waals surface area contributed by atoms with Gasteiger partial charge in [0.15, 0.2) is 5.82 Å². The van der Waals surface area contributed by atoms with Crippen molar-refractivity contribution in [3.63, 3.8) is 0 Å². The van der Waals surface area contributed by atoms with Crippen LogP contribution in [0.15, 0.2) is 29.2 Å². The molecule has 1 aliphatic rings. The van der Waals surface area contributed by atoms with Crippen LogP contribution in [0.2, 0.25) is 5.02 Å². The topological polar surface area (TPSA) is 31.4 Å². The quantitative estimate of drug-likeness (QED) is 0.394. The number of benzene rings is 1. The van der Waals surface area contributed by atoms with Crippen LogP contribution in [-0.2, 0) is 0 Å². The van der Waals surface area contributed by atoms with Gasteiger partial charge in [-0.15, -0.1) is 0 Å². The molecular formula is C19H22ClF3N4S. The highest BCUT2D eigenvalue weighted by atomic mass is 35.5. The van der Waals surface area contributed by atoms with Crippen LogP contribution >= 0.6 is 23.5 Å². The average Bonchev–Trinajstić information content (AvgIpc) is 2.98. The molecule has 0 amide bonds. The molecule has 1 aromatic carbocycles. The standard InChI is InChI=1S/C19H22ClF3N4S/c1-19(10-26(2)3)7-8-27(11-19)13-9-12(21)18(17(23)16(13)20)28-25-15-6-4-5-14(22)24-15/h4-6,9H,7-8,10-11H2,1-3H3,(H,24,25)/t19-/m1/s1. The fourth-order valence-corrected chi connectivity index (χ4v) is 4.57. The highest BCUT2D eigenvalue weighted by Gasteiger charge is 2.36. The molecule has 0 saturated carbocycles. The summed E-state index contributed by atoms with van der Waals surface area (Å²) in [5, 5.41) is -0.119. The zero-order valence-corrected chi connectivity index (χ0v) is 17.5. The van der Waals surface area contributed by atoms with Crippen molar-refractivity contribution in [2.24, 2.45) is 5.41 Å². The van der Waals surface area contributed by atoms with E-state index in [2.05, 4.69) is 21.5 Å². The molecule has 0 radical (unpaired) electrons. The first-order valence-electron chi connectivity index (χ1n) is 8.81. The molecule has 2 heterocycles. The summed E-state index contributed by atoms with van der Waals surface area (Å²) in [4.78, 5) is 7.35. The van der Waals surface area contributed by atoms with Gasteiger partial charge in [0.2, 0.25) is 5.95 Å². The Bertz CT molecular complexity index is 867. The largest absolute Gasteiger partial charge is 0.370 e. The lowest BCUT2D eigenvalue weighted by atomic mass is 9.89. The van der Waals surface area contributed by atoms with Crippen molar-refractivity contribution in [3.05, 3.63) is 46.9 Å². The molecule has 152 valence electrons. The summed E-state index contributed by atoms with van der Waals surface area (Å²) in [6, 6.07) is 5.39. The maximum Gasteiger partial charge on any atom is 0.214 e. The molecule has 0 spiro atoms. The van der Waals surface area contributed by atoms with Crippen LogP contribution in [0.5, 0.6) is 0 Å². The number of hydrogen-bond acceptors (Lipinski definition) is 5. The van der Waals surface area contributed by atoms with Crippen molar-refractivity contribution >= 4 is 35.1 Å². The number of anilines is 2. The van der Waals surface area contributed by atoms with E-state index in [-0.39, 0.29) is 21.2 Å². The van der Waals surface area contributed by atoms with Gasteiger partial charge < -0.3 is 14.5 Å². The van der Waals surface area contributed by atoms with Gasteiger partial charge in [0.05, 0.1) is 5.69 Å². The summed E-state index contributed by atoms with van der Waals surface area (Å²) in [6.45, 7) is 4.39. The van der Waals surface area contributed by atoms with Crippen LogP contribution in [-0.4, -0.2) is 43.6 Å². The van der Waals surface area contributed by atoms with Crippen molar-refractivity contribution in [2.45, 2.75) is 18.2 Å². The van der Waals surface area contributed by atoms with Crippen molar-refractivity contribution in [3.8, 4) is 0 Å². The molecule has 1 aliphatic heterocycles. The lowest BCUT2D eigenvalue weighted by Crippen LogP contribution is -2.34. The number of nitrogens with zero attached hydrogens (tertiary/aromatic N) is 3. The van der Waals surface area contributed by atoms with Gasteiger partial charge in [-0.1, -0.05) is 24.6 Å². The summed E-state index contributed by atoms with van der Waals surface area (Å²) < 4.78 is 45.2. The van der Waals surface area contributed by atoms with Crippen molar-refractivity contribution in [1.29, 1.82) is 0 Å². The fourth-order valence-electron chi connectivity index (χ4n) is 3.58. The zero-order valence-electron chi connectivity index (χ0n) is 15.9. The molecule has 4 nitrogen and oxygen atoms in total. The van der Waals surface area contributed by atoms with E-state index in [0.29, 0.717) is 30.7 Å². The predicted octanol–water partition coefficient (Wildman–Crippen LogP) is 5.05. The Balaban J connectivity index is 1.79. The van der Waals surface area contributed by atoms with Crippen molar-refractivity contribution < 1.29 is 13.2 Å². The Morgan fingerprint density at radius 3 is 2.75 bits per heavy atom. The van der Waals surface area contributed by atoms with Gasteiger partial charge in [-0.3, -0.25) is 0 Å². The third-order valence-corrected chi connectivity index (χ3v) is 5.92. The molecule has 0 aliphatic carbocycles. The molecule has 1 saturated heterocycles. The van der Waals surface area contributed by atoms with Crippen LogP contribution in [0.3, 0.4) is 0 Å². The fraction of sp³-hybridized carbons (Fsp3) is 0.421. The Hall–Kier alpha value is -1.64. The predicted molar refractivity (Wildman–Crippen MR) is 109 cm³/mol. The zero-order chi connectivity index (χ0) is 20.5. The van der Waals surface area contributed by atoms with E-state index in [9.17, 15) is 13.2 Å². The lowest BCUT2D eigenvalue weighted by Gasteiger charge is -2.29. The van der Waals surface area contributed by atoms with Gasteiger partial charge in [0, 0.05) is 25.7 Å². The van der Waals surface area contributed by atoms with E-state index < -0.39 is 17.6 Å². The molecule has 1 atom stereocenters. The molecule has 3 rings (SSSR count). The Morgan fingerprint density at radius 1 is 1.32 bits per heavy atom. The number of pyridine rings is 1. The number of hydrogen-bond donors (Lipinski definition) is 1. The minimum absolute atomic E-state index is 0.0256. The highest BCUT2D eigenvalue weighted by Crippen LogP contribution is 2.41. The smallest absolute Gasteiger partial charge is 0.214 e. The van der Waals surface area contributed by atoms with E-state index in [4.69, 9.17) is 11.6 Å². The highest BCUT2D eigenvalue weighted by molar-refractivity contribution is 8.00. The third-order valence-electron chi connectivity index (χ3n) is 4.67. The number of halogens is 4. The monoisotopic (exact) mass is 430 g/mol. The van der Waals surface area contributed by atoms with Crippen molar-refractivity contribution in [1.82, 2.24) is 9.88 Å². The average molecular weight is 431 g/mol. The van der Waals surface area contributed by atoms with Gasteiger partial charge in [0.1, 0.15) is 21.6 Å². The lowest BCUT2D eigenvalue weighted by molar-refractivity contribution is 0.242. The van der Waals surface area contributed by atoms with Gasteiger partial charge in [-0.2, -0.15) is 4.39 Å². The Morgan fingerprint density at radius 2 is 2.07 bits per heavy atom. The van der Waals surface area contributed by atoms with Crippen LogP contribution in [0.25, 0.3) is 0 Å². The maximum atomic E-state index is 14.8. The molecular weight excluding hydrogens is 409 g/mol. The summed E-state index contributed by atoms with van der Waals surface area (Å²) >= 11 is 6.92. The van der Waals surface area contributed by atoms with E-state index in [0.717, 1.165) is 13.0 Å². The van der Waals surface area contributed by atoms with E-state index in [1.165, 1.54) is 24.3 Å². The summed E-state index contributed by atoms with van der Waals surface area (Å²) in [5.41, 5.74) is 0.380. The van der Waals surface area contributed by atoms with Gasteiger partial charge in [-0.25, -0.2) is 13.8 Å². The minimum Gasteiger partial charge on any atom is -0.370 e. The molecule has 0 unspecified atom stereocenters. The third kappa shape index (κ3) is 4.67. The van der Waals surface area contributed by atoms with E-state index in [1.807, 2.05) is 19.0 Å². The van der Waals surface area contributed by atoms with Crippen LogP contribution < -0.4 is 9.62 Å². The van der Waals surface area contributed by atoms with Crippen LogP contribution in [0.4, 0.5) is 24.7 Å². The molecule has 2 aromatic rings. The van der Waals surface area contributed by atoms with Gasteiger partial charge in [-0.05, 0) is 50.0 Å². The molecule has 0 bridgehead atoms. The summed E-state index contributed by atoms with van der Waals surface area (Å²) in [6.07, 6.45) is 0.911. The van der Waals surface area contributed by atoms with Gasteiger partial charge >= 0.3 is 0 Å². The first kappa shape index (κ1) is 21.1. The number of aromatic nitrogens is 1. The Labute approximate surface area is 172 Å². The summed E-state index contributed by atoms with van der Waals surface area (Å²) in [5.74, 6) is -2.10. The van der Waals surface area contributed by atoms with Crippen LogP contribution in [0.1, 0.15) is 13.3 Å². The normalized spacial score (nSPS) is 19.5. The minimum atomic E-state index is -0.841. The van der Waals surface area contributed by atoms with E-state index in [1.54, 1.807) is 0 Å². The van der Waals surface area contributed by atoms with E-state index >= 15 is 0 Å². The molecule has 9 heteroatoms. The van der Waals surface area contributed by atoms with Crippen molar-refractivity contribution in [2.75, 3.05) is 43.4 Å². The molecule has 1 aromatic heterocycles. The second kappa shape index (κ2) is 8.39. The maximum absolute atomic E-state index is 14.8. The molecule has 28 heavy (non-hydrogen) atoms. The SMILES string of the molecule is CN(C)C[C@@]1(C)CCN(c2cc(F)c(SNc3cccc(F)n3)c(F)c2Cl)C1.